The molecule has 0 aromatic heterocycles. The number of para-hydroxylation sites is 1. The predicted molar refractivity (Wildman–Crippen MR) is 163 cm³/mol. The number of nitrogens with zero attached hydrogens (tertiary/aromatic N) is 3. The molecular weight excluding hydrogens is 544 g/mol. The molecule has 1 N–H and O–H groups in total. The summed E-state index contributed by atoms with van der Waals surface area (Å²) in [5.41, 5.74) is 3.14. The molecule has 4 rings (SSSR count). The number of carbonyl (C=O) groups is 1. The molecule has 1 saturated heterocycles. The van der Waals surface area contributed by atoms with Gasteiger partial charge in [-0.25, -0.2) is 17.3 Å². The van der Waals surface area contributed by atoms with Crippen LogP contribution in [0.3, 0.4) is 0 Å². The van der Waals surface area contributed by atoms with Gasteiger partial charge in [0.05, 0.1) is 11.4 Å². The van der Waals surface area contributed by atoms with Crippen molar-refractivity contribution in [3.63, 3.8) is 0 Å². The SMILES string of the molecule is CCN(CC)CCCS(=O)(=O)N[C@H](CCc1ccccc1)C(=O)N1CCC2(CC1)CN(S(C)=O)c1ccccc12. The number of aryl methyl sites for hydroxylation is 1. The fourth-order valence-corrected chi connectivity index (χ4v) is 8.24. The van der Waals surface area contributed by atoms with Gasteiger partial charge >= 0.3 is 0 Å². The van der Waals surface area contributed by atoms with Crippen LogP contribution in [0, 0.1) is 0 Å². The summed E-state index contributed by atoms with van der Waals surface area (Å²) in [6.45, 7) is 8.39. The number of hydrogen-bond acceptors (Lipinski definition) is 5. The van der Waals surface area contributed by atoms with Crippen molar-refractivity contribution in [2.45, 2.75) is 57.4 Å². The number of hydrogen-bond donors (Lipinski definition) is 1. The quantitative estimate of drug-likeness (QED) is 0.388. The first-order valence-electron chi connectivity index (χ1n) is 14.4. The van der Waals surface area contributed by atoms with Gasteiger partial charge < -0.3 is 9.80 Å². The molecule has 220 valence electrons. The van der Waals surface area contributed by atoms with Gasteiger partial charge in [-0.15, -0.1) is 0 Å². The van der Waals surface area contributed by atoms with Gasteiger partial charge in [0.15, 0.2) is 0 Å². The highest BCUT2D eigenvalue weighted by atomic mass is 32.2. The third-order valence-corrected chi connectivity index (χ3v) is 10.9. The summed E-state index contributed by atoms with van der Waals surface area (Å²) in [7, 11) is -4.75. The molecule has 0 radical (unpaired) electrons. The molecule has 0 bridgehead atoms. The van der Waals surface area contributed by atoms with Crippen molar-refractivity contribution in [1.82, 2.24) is 14.5 Å². The van der Waals surface area contributed by atoms with Crippen LogP contribution < -0.4 is 9.03 Å². The summed E-state index contributed by atoms with van der Waals surface area (Å²) >= 11 is 0. The van der Waals surface area contributed by atoms with Crippen molar-refractivity contribution >= 4 is 32.6 Å². The van der Waals surface area contributed by atoms with Crippen molar-refractivity contribution in [1.29, 1.82) is 0 Å². The van der Waals surface area contributed by atoms with E-state index in [1.54, 1.807) is 6.26 Å². The summed E-state index contributed by atoms with van der Waals surface area (Å²) in [5.74, 6) is -0.150. The second-order valence-corrected chi connectivity index (χ2v) is 14.1. The van der Waals surface area contributed by atoms with Crippen molar-refractivity contribution in [3.05, 3.63) is 65.7 Å². The Morgan fingerprint density at radius 3 is 2.35 bits per heavy atom. The van der Waals surface area contributed by atoms with E-state index >= 15 is 0 Å². The number of piperidine rings is 1. The molecule has 0 aliphatic carbocycles. The maximum Gasteiger partial charge on any atom is 0.240 e. The first kappa shape index (κ1) is 30.7. The van der Waals surface area contributed by atoms with Crippen LogP contribution in [0.2, 0.25) is 0 Å². The van der Waals surface area contributed by atoms with Gasteiger partial charge in [-0.3, -0.25) is 9.10 Å². The lowest BCUT2D eigenvalue weighted by Gasteiger charge is -2.41. The average molecular weight is 589 g/mol. The zero-order chi connectivity index (χ0) is 28.8. The number of rotatable bonds is 13. The minimum absolute atomic E-state index is 0.00248. The monoisotopic (exact) mass is 588 g/mol. The standard InChI is InChI=1S/C30H44N4O4S2/c1-4-32(5-2)20-11-23-40(37,38)31-27(17-16-25-12-7-6-8-13-25)29(35)33-21-18-30(19-22-33)24-34(39(3)36)28-15-10-9-14-26(28)30/h6-10,12-15,27,31H,4-5,11,16-24H2,1-3H3/t27-,39?/m1/s1. The van der Waals surface area contributed by atoms with Crippen molar-refractivity contribution in [2.24, 2.45) is 0 Å². The van der Waals surface area contributed by atoms with Gasteiger partial charge in [0.2, 0.25) is 15.9 Å². The highest BCUT2D eigenvalue weighted by molar-refractivity contribution is 7.89. The molecule has 2 heterocycles. The summed E-state index contributed by atoms with van der Waals surface area (Å²) in [4.78, 5) is 17.9. The van der Waals surface area contributed by atoms with E-state index in [-0.39, 0.29) is 17.1 Å². The molecule has 1 unspecified atom stereocenters. The first-order valence-corrected chi connectivity index (χ1v) is 17.6. The Hall–Kier alpha value is -2.27. The molecule has 1 amide bonds. The van der Waals surface area contributed by atoms with Crippen LogP contribution in [-0.4, -0.2) is 85.7 Å². The number of benzene rings is 2. The van der Waals surface area contributed by atoms with Crippen LogP contribution in [-0.2, 0) is 37.6 Å². The zero-order valence-electron chi connectivity index (χ0n) is 24.0. The molecule has 2 aliphatic rings. The minimum atomic E-state index is -3.62. The molecule has 40 heavy (non-hydrogen) atoms. The molecule has 8 nitrogen and oxygen atoms in total. The number of amides is 1. The molecule has 2 aliphatic heterocycles. The minimum Gasteiger partial charge on any atom is -0.341 e. The number of fused-ring (bicyclic) bond motifs is 2. The Morgan fingerprint density at radius 1 is 1.05 bits per heavy atom. The van der Waals surface area contributed by atoms with E-state index in [0.29, 0.717) is 45.4 Å². The molecule has 0 saturated carbocycles. The summed E-state index contributed by atoms with van der Waals surface area (Å²) in [6.07, 6.45) is 4.77. The fourth-order valence-electron chi connectivity index (χ4n) is 6.10. The van der Waals surface area contributed by atoms with Crippen LogP contribution in [0.5, 0.6) is 0 Å². The summed E-state index contributed by atoms with van der Waals surface area (Å²) in [5, 5.41) is 0. The maximum absolute atomic E-state index is 13.8. The molecule has 2 aromatic rings. The number of nitrogens with one attached hydrogen (secondary N) is 1. The number of anilines is 1. The largest absolute Gasteiger partial charge is 0.341 e. The van der Waals surface area contributed by atoms with Crippen LogP contribution >= 0.6 is 0 Å². The number of likely N-dealkylation sites (tertiary alicyclic amines) is 1. The van der Waals surface area contributed by atoms with Gasteiger partial charge in [0.1, 0.15) is 17.0 Å². The van der Waals surface area contributed by atoms with Gasteiger partial charge in [0, 0.05) is 31.3 Å². The fraction of sp³-hybridized carbons (Fsp3) is 0.567. The number of sulfonamides is 1. The second-order valence-electron chi connectivity index (χ2n) is 11.0. The normalized spacial score (nSPS) is 18.2. The first-order chi connectivity index (χ1) is 19.2. The second kappa shape index (κ2) is 13.6. The van der Waals surface area contributed by atoms with Crippen LogP contribution in [0.15, 0.2) is 54.6 Å². The van der Waals surface area contributed by atoms with Crippen molar-refractivity contribution < 1.29 is 17.4 Å². The number of carbonyl (C=O) groups excluding carboxylic acids is 1. The molecule has 1 fully saturated rings. The highest BCUT2D eigenvalue weighted by Crippen LogP contribution is 2.47. The van der Waals surface area contributed by atoms with Gasteiger partial charge in [0.25, 0.3) is 0 Å². The third kappa shape index (κ3) is 7.32. The van der Waals surface area contributed by atoms with Gasteiger partial charge in [-0.2, -0.15) is 0 Å². The predicted octanol–water partition coefficient (Wildman–Crippen LogP) is 3.31. The third-order valence-electron chi connectivity index (χ3n) is 8.50. The summed E-state index contributed by atoms with van der Waals surface area (Å²) < 4.78 is 43.4. The topological polar surface area (TPSA) is 90.0 Å². The lowest BCUT2D eigenvalue weighted by molar-refractivity contribution is -0.134. The molecule has 2 atom stereocenters. The van der Waals surface area contributed by atoms with E-state index in [0.717, 1.165) is 37.2 Å². The molecule has 1 spiro atoms. The van der Waals surface area contributed by atoms with E-state index in [2.05, 4.69) is 29.5 Å². The van der Waals surface area contributed by atoms with E-state index in [9.17, 15) is 17.4 Å². The molecule has 10 heteroatoms. The maximum atomic E-state index is 13.8. The Kier molecular flexibility index (Phi) is 10.4. The van der Waals surface area contributed by atoms with Crippen LogP contribution in [0.25, 0.3) is 0 Å². The molecule has 2 aromatic carbocycles. The lowest BCUT2D eigenvalue weighted by Crippen LogP contribution is -2.54. The lowest BCUT2D eigenvalue weighted by atomic mass is 9.74. The summed E-state index contributed by atoms with van der Waals surface area (Å²) in [6, 6.07) is 17.2. The molecular formula is C30H44N4O4S2. The highest BCUT2D eigenvalue weighted by Gasteiger charge is 2.46. The smallest absolute Gasteiger partial charge is 0.240 e. The Bertz CT molecular complexity index is 1260. The zero-order valence-corrected chi connectivity index (χ0v) is 25.7. The van der Waals surface area contributed by atoms with E-state index in [1.807, 2.05) is 57.7 Å². The van der Waals surface area contributed by atoms with Crippen LogP contribution in [0.1, 0.15) is 50.7 Å². The average Bonchev–Trinajstić information content (AvgIpc) is 3.28. The Morgan fingerprint density at radius 2 is 1.70 bits per heavy atom. The Balaban J connectivity index is 1.45. The van der Waals surface area contributed by atoms with Crippen molar-refractivity contribution in [3.8, 4) is 0 Å². The van der Waals surface area contributed by atoms with Gasteiger partial charge in [-0.05, 0) is 68.9 Å². The van der Waals surface area contributed by atoms with Crippen LogP contribution in [0.4, 0.5) is 5.69 Å². The Labute approximate surface area is 242 Å². The van der Waals surface area contributed by atoms with Gasteiger partial charge in [-0.1, -0.05) is 62.4 Å². The van der Waals surface area contributed by atoms with E-state index < -0.39 is 27.1 Å². The van der Waals surface area contributed by atoms with E-state index in [1.165, 1.54) is 5.56 Å². The van der Waals surface area contributed by atoms with Crippen molar-refractivity contribution in [2.75, 3.05) is 55.6 Å². The van der Waals surface area contributed by atoms with E-state index in [4.69, 9.17) is 0 Å².